The Morgan fingerprint density at radius 3 is 2.22 bits per heavy atom. The zero-order chi connectivity index (χ0) is 13.7. The molecule has 0 aliphatic carbocycles. The van der Waals surface area contributed by atoms with Crippen molar-refractivity contribution in [3.63, 3.8) is 0 Å². The molecule has 0 aliphatic rings. The number of rotatable bonds is 6. The van der Waals surface area contributed by atoms with Gasteiger partial charge in [0.05, 0.1) is 0 Å². The van der Waals surface area contributed by atoms with Gasteiger partial charge < -0.3 is 4.90 Å². The summed E-state index contributed by atoms with van der Waals surface area (Å²) in [4.78, 5) is 14.3. The van der Waals surface area contributed by atoms with Crippen molar-refractivity contribution in [2.24, 2.45) is 5.92 Å². The molecule has 1 rings (SSSR count). The maximum atomic E-state index is 12.0. The van der Waals surface area contributed by atoms with Crippen LogP contribution in [0.2, 0.25) is 0 Å². The van der Waals surface area contributed by atoms with Gasteiger partial charge in [-0.15, -0.1) is 0 Å². The molecular weight excluding hydrogens is 222 g/mol. The number of carbonyl (C=O) groups excluding carboxylic acids is 1. The highest BCUT2D eigenvalue weighted by molar-refractivity contribution is 5.96. The van der Waals surface area contributed by atoms with Gasteiger partial charge in [0.1, 0.15) is 0 Å². The summed E-state index contributed by atoms with van der Waals surface area (Å²) in [7, 11) is 2.09. The van der Waals surface area contributed by atoms with E-state index in [1.165, 1.54) is 5.56 Å². The Morgan fingerprint density at radius 2 is 1.72 bits per heavy atom. The van der Waals surface area contributed by atoms with Crippen LogP contribution in [0.15, 0.2) is 24.3 Å². The third kappa shape index (κ3) is 4.26. The number of benzene rings is 1. The number of carbonyl (C=O) groups is 1. The Morgan fingerprint density at radius 1 is 1.17 bits per heavy atom. The van der Waals surface area contributed by atoms with E-state index < -0.39 is 0 Å². The van der Waals surface area contributed by atoms with Crippen LogP contribution in [0.3, 0.4) is 0 Å². The zero-order valence-corrected chi connectivity index (χ0v) is 12.2. The van der Waals surface area contributed by atoms with E-state index in [4.69, 9.17) is 0 Å². The highest BCUT2D eigenvalue weighted by Crippen LogP contribution is 2.10. The smallest absolute Gasteiger partial charge is 0.164 e. The van der Waals surface area contributed by atoms with Crippen LogP contribution in [0.1, 0.15) is 43.1 Å². The molecule has 2 heteroatoms. The van der Waals surface area contributed by atoms with E-state index in [1.54, 1.807) is 0 Å². The monoisotopic (exact) mass is 247 g/mol. The van der Waals surface area contributed by atoms with Gasteiger partial charge in [-0.05, 0) is 26.8 Å². The normalized spacial score (nSPS) is 13.1. The van der Waals surface area contributed by atoms with Crippen LogP contribution in [0.4, 0.5) is 0 Å². The van der Waals surface area contributed by atoms with Crippen LogP contribution >= 0.6 is 0 Å². The van der Waals surface area contributed by atoms with Crippen LogP contribution in [-0.2, 0) is 0 Å². The first-order chi connectivity index (χ1) is 8.41. The molecule has 1 atom stereocenters. The summed E-state index contributed by atoms with van der Waals surface area (Å²) < 4.78 is 0. The molecule has 0 aliphatic heterocycles. The minimum Gasteiger partial charge on any atom is -0.303 e. The van der Waals surface area contributed by atoms with Crippen molar-refractivity contribution in [1.82, 2.24) is 4.90 Å². The summed E-state index contributed by atoms with van der Waals surface area (Å²) in [5.41, 5.74) is 2.02. The van der Waals surface area contributed by atoms with Crippen molar-refractivity contribution in [1.29, 1.82) is 0 Å². The van der Waals surface area contributed by atoms with E-state index in [-0.39, 0.29) is 5.78 Å². The average Bonchev–Trinajstić information content (AvgIpc) is 2.35. The molecule has 0 spiro atoms. The SMILES string of the molecule is Cc1ccc(C(=O)CCN(C)C(C)C(C)C)cc1. The summed E-state index contributed by atoms with van der Waals surface area (Å²) in [5.74, 6) is 0.849. The quantitative estimate of drug-likeness (QED) is 0.717. The summed E-state index contributed by atoms with van der Waals surface area (Å²) in [6, 6.07) is 8.34. The van der Waals surface area contributed by atoms with Crippen LogP contribution < -0.4 is 0 Å². The lowest BCUT2D eigenvalue weighted by molar-refractivity contribution is 0.0955. The largest absolute Gasteiger partial charge is 0.303 e. The third-order valence-corrected chi connectivity index (χ3v) is 3.73. The molecule has 2 nitrogen and oxygen atoms in total. The number of nitrogens with zero attached hydrogens (tertiary/aromatic N) is 1. The lowest BCUT2D eigenvalue weighted by Crippen LogP contribution is -2.34. The molecule has 1 aromatic rings. The fourth-order valence-electron chi connectivity index (χ4n) is 1.87. The molecule has 1 aromatic carbocycles. The van der Waals surface area contributed by atoms with Crippen molar-refractivity contribution in [2.45, 2.75) is 40.2 Å². The molecule has 0 fully saturated rings. The van der Waals surface area contributed by atoms with Crippen LogP contribution in [0.25, 0.3) is 0 Å². The first-order valence-corrected chi connectivity index (χ1v) is 6.72. The van der Waals surface area contributed by atoms with E-state index >= 15 is 0 Å². The van der Waals surface area contributed by atoms with E-state index in [0.717, 1.165) is 12.1 Å². The zero-order valence-electron chi connectivity index (χ0n) is 12.2. The van der Waals surface area contributed by atoms with Gasteiger partial charge in [-0.25, -0.2) is 0 Å². The van der Waals surface area contributed by atoms with Gasteiger partial charge in [-0.1, -0.05) is 43.7 Å². The van der Waals surface area contributed by atoms with Gasteiger partial charge >= 0.3 is 0 Å². The summed E-state index contributed by atoms with van der Waals surface area (Å²) in [6.45, 7) is 9.49. The number of hydrogen-bond acceptors (Lipinski definition) is 2. The van der Waals surface area contributed by atoms with Gasteiger partial charge in [0.2, 0.25) is 0 Å². The number of ketones is 1. The van der Waals surface area contributed by atoms with Gasteiger partial charge in [0, 0.05) is 24.6 Å². The molecule has 0 bridgehead atoms. The minimum absolute atomic E-state index is 0.234. The number of aryl methyl sites for hydroxylation is 1. The minimum atomic E-state index is 0.234. The Labute approximate surface area is 111 Å². The topological polar surface area (TPSA) is 20.3 Å². The Balaban J connectivity index is 2.49. The van der Waals surface area contributed by atoms with Crippen LogP contribution in [-0.4, -0.2) is 30.3 Å². The molecule has 0 aromatic heterocycles. The number of hydrogen-bond donors (Lipinski definition) is 0. The lowest BCUT2D eigenvalue weighted by Gasteiger charge is -2.27. The fraction of sp³-hybridized carbons (Fsp3) is 0.562. The summed E-state index contributed by atoms with van der Waals surface area (Å²) >= 11 is 0. The predicted octanol–water partition coefficient (Wildman–Crippen LogP) is 3.54. The Bertz CT molecular complexity index is 381. The molecule has 0 radical (unpaired) electrons. The first-order valence-electron chi connectivity index (χ1n) is 6.72. The molecule has 1 unspecified atom stereocenters. The Hall–Kier alpha value is -1.15. The van der Waals surface area contributed by atoms with Crippen molar-refractivity contribution >= 4 is 5.78 Å². The maximum Gasteiger partial charge on any atom is 0.164 e. The lowest BCUT2D eigenvalue weighted by atomic mass is 10.0. The summed E-state index contributed by atoms with van der Waals surface area (Å²) in [5, 5.41) is 0. The predicted molar refractivity (Wildman–Crippen MR) is 77.1 cm³/mol. The van der Waals surface area contributed by atoms with E-state index in [2.05, 4.69) is 32.7 Å². The third-order valence-electron chi connectivity index (χ3n) is 3.73. The van der Waals surface area contributed by atoms with Crippen molar-refractivity contribution in [3.8, 4) is 0 Å². The second-order valence-electron chi connectivity index (χ2n) is 5.50. The van der Waals surface area contributed by atoms with Crippen molar-refractivity contribution in [2.75, 3.05) is 13.6 Å². The van der Waals surface area contributed by atoms with Gasteiger partial charge in [0.25, 0.3) is 0 Å². The van der Waals surface area contributed by atoms with Crippen molar-refractivity contribution in [3.05, 3.63) is 35.4 Å². The maximum absolute atomic E-state index is 12.0. The molecule has 0 saturated carbocycles. The second-order valence-corrected chi connectivity index (χ2v) is 5.50. The molecule has 18 heavy (non-hydrogen) atoms. The molecule has 100 valence electrons. The second kappa shape index (κ2) is 6.69. The van der Waals surface area contributed by atoms with E-state index in [1.807, 2.05) is 31.2 Å². The highest BCUT2D eigenvalue weighted by Gasteiger charge is 2.14. The van der Waals surface area contributed by atoms with Gasteiger partial charge in [-0.2, -0.15) is 0 Å². The molecular formula is C16H25NO. The van der Waals surface area contributed by atoms with Crippen molar-refractivity contribution < 1.29 is 4.79 Å². The standard InChI is InChI=1S/C16H25NO/c1-12(2)14(4)17(5)11-10-16(18)15-8-6-13(3)7-9-15/h6-9,12,14H,10-11H2,1-5H3. The average molecular weight is 247 g/mol. The van der Waals surface area contributed by atoms with Gasteiger partial charge in [-0.3, -0.25) is 4.79 Å². The summed E-state index contributed by atoms with van der Waals surface area (Å²) in [6.07, 6.45) is 0.594. The Kier molecular flexibility index (Phi) is 5.54. The molecule has 0 saturated heterocycles. The van der Waals surface area contributed by atoms with E-state index in [9.17, 15) is 4.79 Å². The first kappa shape index (κ1) is 14.9. The van der Waals surface area contributed by atoms with Crippen LogP contribution in [0.5, 0.6) is 0 Å². The van der Waals surface area contributed by atoms with Gasteiger partial charge in [0.15, 0.2) is 5.78 Å². The van der Waals surface area contributed by atoms with E-state index in [0.29, 0.717) is 18.4 Å². The fourth-order valence-corrected chi connectivity index (χ4v) is 1.87. The molecule has 0 N–H and O–H groups in total. The van der Waals surface area contributed by atoms with Crippen LogP contribution in [0, 0.1) is 12.8 Å². The highest BCUT2D eigenvalue weighted by atomic mass is 16.1. The molecule has 0 heterocycles. The number of Topliss-reactive ketones (excluding diaryl/α,β-unsaturated/α-hetero) is 1. The molecule has 0 amide bonds.